The molecule has 0 aromatic heterocycles. The van der Waals surface area contributed by atoms with Crippen molar-refractivity contribution in [1.29, 1.82) is 0 Å². The van der Waals surface area contributed by atoms with Gasteiger partial charge in [0.15, 0.2) is 6.29 Å². The van der Waals surface area contributed by atoms with Gasteiger partial charge in [-0.2, -0.15) is 0 Å². The van der Waals surface area contributed by atoms with Gasteiger partial charge >= 0.3 is 0 Å². The second-order valence-corrected chi connectivity index (χ2v) is 4.23. The highest BCUT2D eigenvalue weighted by Gasteiger charge is 2.26. The fraction of sp³-hybridized carbons (Fsp3) is 1.00. The number of ether oxygens (including phenoxy) is 2. The number of aliphatic hydroxyl groups is 1. The molecule has 0 aliphatic rings. The third kappa shape index (κ3) is 6.40. The molecule has 0 aliphatic heterocycles. The monoisotopic (exact) mass is 234 g/mol. The van der Waals surface area contributed by atoms with Crippen molar-refractivity contribution in [2.45, 2.75) is 38.0 Å². The van der Waals surface area contributed by atoms with E-state index < -0.39 is 0 Å². The van der Waals surface area contributed by atoms with E-state index in [2.05, 4.69) is 12.2 Å². The maximum absolute atomic E-state index is 8.68. The van der Waals surface area contributed by atoms with Gasteiger partial charge < -0.3 is 25.6 Å². The number of hydrogen-bond donors (Lipinski definition) is 3. The molecule has 4 N–H and O–H groups in total. The summed E-state index contributed by atoms with van der Waals surface area (Å²) in [5, 5.41) is 12.1. The van der Waals surface area contributed by atoms with Gasteiger partial charge in [0.1, 0.15) is 0 Å². The van der Waals surface area contributed by atoms with Crippen LogP contribution in [0.25, 0.3) is 0 Å². The van der Waals surface area contributed by atoms with Crippen molar-refractivity contribution in [3.8, 4) is 0 Å². The number of nitrogens with one attached hydrogen (secondary N) is 1. The molecule has 0 aromatic rings. The van der Waals surface area contributed by atoms with E-state index in [-0.39, 0.29) is 18.4 Å². The highest BCUT2D eigenvalue weighted by Crippen LogP contribution is 2.13. The SMILES string of the molecule is COC(CC(C)(CN)NCCCCO)OC. The van der Waals surface area contributed by atoms with Crippen molar-refractivity contribution in [3.63, 3.8) is 0 Å². The van der Waals surface area contributed by atoms with Crippen molar-refractivity contribution >= 4 is 0 Å². The predicted octanol–water partition coefficient (Wildman–Crippen LogP) is 0.0749. The van der Waals surface area contributed by atoms with Gasteiger partial charge in [-0.1, -0.05) is 0 Å². The highest BCUT2D eigenvalue weighted by molar-refractivity contribution is 4.85. The minimum absolute atomic E-state index is 0.188. The third-order valence-corrected chi connectivity index (χ3v) is 2.73. The maximum atomic E-state index is 8.68. The molecular weight excluding hydrogens is 208 g/mol. The van der Waals surface area contributed by atoms with Crippen LogP contribution in [0.15, 0.2) is 0 Å². The number of rotatable bonds is 10. The summed E-state index contributed by atoms with van der Waals surface area (Å²) in [6, 6.07) is 0. The molecule has 0 spiro atoms. The molecule has 0 saturated carbocycles. The molecule has 5 heteroatoms. The Labute approximate surface area is 98.3 Å². The number of nitrogens with two attached hydrogens (primary N) is 1. The zero-order chi connectivity index (χ0) is 12.4. The van der Waals surface area contributed by atoms with Gasteiger partial charge in [0.05, 0.1) is 0 Å². The zero-order valence-electron chi connectivity index (χ0n) is 10.7. The largest absolute Gasteiger partial charge is 0.396 e. The molecule has 0 radical (unpaired) electrons. The molecule has 16 heavy (non-hydrogen) atoms. The summed E-state index contributed by atoms with van der Waals surface area (Å²) < 4.78 is 10.3. The molecule has 5 nitrogen and oxygen atoms in total. The zero-order valence-corrected chi connectivity index (χ0v) is 10.7. The van der Waals surface area contributed by atoms with Gasteiger partial charge in [-0.3, -0.25) is 0 Å². The Morgan fingerprint density at radius 1 is 1.31 bits per heavy atom. The highest BCUT2D eigenvalue weighted by atomic mass is 16.7. The minimum Gasteiger partial charge on any atom is -0.396 e. The van der Waals surface area contributed by atoms with Crippen LogP contribution in [-0.2, 0) is 9.47 Å². The van der Waals surface area contributed by atoms with E-state index in [0.717, 1.165) is 19.4 Å². The Bertz CT molecular complexity index is 165. The summed E-state index contributed by atoms with van der Waals surface area (Å²) in [7, 11) is 3.24. The summed E-state index contributed by atoms with van der Waals surface area (Å²) in [6.07, 6.45) is 2.22. The molecule has 0 aromatic carbocycles. The molecule has 1 atom stereocenters. The summed E-state index contributed by atoms with van der Waals surface area (Å²) in [5.41, 5.74) is 5.57. The first-order chi connectivity index (χ1) is 7.61. The molecule has 1 unspecified atom stereocenters. The number of aliphatic hydroxyl groups excluding tert-OH is 1. The van der Waals surface area contributed by atoms with Gasteiger partial charge in [0, 0.05) is 39.3 Å². The van der Waals surface area contributed by atoms with Crippen molar-refractivity contribution < 1.29 is 14.6 Å². The number of hydrogen-bond acceptors (Lipinski definition) is 5. The lowest BCUT2D eigenvalue weighted by atomic mass is 9.97. The second-order valence-electron chi connectivity index (χ2n) is 4.23. The van der Waals surface area contributed by atoms with Crippen molar-refractivity contribution in [1.82, 2.24) is 5.32 Å². The van der Waals surface area contributed by atoms with Crippen LogP contribution in [0.3, 0.4) is 0 Å². The molecule has 0 bridgehead atoms. The van der Waals surface area contributed by atoms with Gasteiger partial charge in [-0.05, 0) is 26.3 Å². The van der Waals surface area contributed by atoms with Gasteiger partial charge in [-0.25, -0.2) is 0 Å². The molecule has 0 heterocycles. The van der Waals surface area contributed by atoms with Gasteiger partial charge in [0.25, 0.3) is 0 Å². The molecule has 0 rings (SSSR count). The number of methoxy groups -OCH3 is 2. The fourth-order valence-electron chi connectivity index (χ4n) is 1.49. The summed E-state index contributed by atoms with van der Waals surface area (Å²) in [5.74, 6) is 0. The van der Waals surface area contributed by atoms with Crippen LogP contribution in [0, 0.1) is 0 Å². The molecule has 0 amide bonds. The van der Waals surface area contributed by atoms with E-state index in [4.69, 9.17) is 20.3 Å². The van der Waals surface area contributed by atoms with Crippen LogP contribution in [0.2, 0.25) is 0 Å². The van der Waals surface area contributed by atoms with Crippen molar-refractivity contribution in [3.05, 3.63) is 0 Å². The molecule has 0 saturated heterocycles. The molecule has 0 aliphatic carbocycles. The van der Waals surface area contributed by atoms with E-state index in [9.17, 15) is 0 Å². The maximum Gasteiger partial charge on any atom is 0.158 e. The average Bonchev–Trinajstić information content (AvgIpc) is 2.32. The first-order valence-electron chi connectivity index (χ1n) is 5.73. The Morgan fingerprint density at radius 2 is 1.94 bits per heavy atom. The quantitative estimate of drug-likeness (QED) is 0.368. The Morgan fingerprint density at radius 3 is 2.38 bits per heavy atom. The molecular formula is C11H26N2O3. The van der Waals surface area contributed by atoms with Crippen molar-refractivity contribution in [2.75, 3.05) is 33.9 Å². The second kappa shape index (κ2) is 8.90. The lowest BCUT2D eigenvalue weighted by Gasteiger charge is -2.32. The molecule has 0 fully saturated rings. The van der Waals surface area contributed by atoms with E-state index in [1.165, 1.54) is 0 Å². The minimum atomic E-state index is -0.237. The Balaban J connectivity index is 3.98. The Kier molecular flexibility index (Phi) is 8.78. The van der Waals surface area contributed by atoms with E-state index in [0.29, 0.717) is 13.0 Å². The van der Waals surface area contributed by atoms with Gasteiger partial charge in [0.2, 0.25) is 0 Å². The predicted molar refractivity (Wildman–Crippen MR) is 64.2 cm³/mol. The first-order valence-corrected chi connectivity index (χ1v) is 5.73. The fourth-order valence-corrected chi connectivity index (χ4v) is 1.49. The number of unbranched alkanes of at least 4 members (excludes halogenated alkanes) is 1. The van der Waals surface area contributed by atoms with Gasteiger partial charge in [-0.15, -0.1) is 0 Å². The van der Waals surface area contributed by atoms with E-state index in [1.54, 1.807) is 14.2 Å². The van der Waals surface area contributed by atoms with Crippen LogP contribution in [0.5, 0.6) is 0 Å². The first kappa shape index (κ1) is 15.8. The average molecular weight is 234 g/mol. The van der Waals surface area contributed by atoms with Crippen LogP contribution < -0.4 is 11.1 Å². The normalized spacial score (nSPS) is 15.4. The topological polar surface area (TPSA) is 76.7 Å². The lowest BCUT2D eigenvalue weighted by Crippen LogP contribution is -2.51. The van der Waals surface area contributed by atoms with Crippen LogP contribution >= 0.6 is 0 Å². The van der Waals surface area contributed by atoms with E-state index >= 15 is 0 Å². The third-order valence-electron chi connectivity index (χ3n) is 2.73. The Hall–Kier alpha value is -0.200. The van der Waals surface area contributed by atoms with E-state index in [1.807, 2.05) is 0 Å². The van der Waals surface area contributed by atoms with Crippen LogP contribution in [0.4, 0.5) is 0 Å². The lowest BCUT2D eigenvalue weighted by molar-refractivity contribution is -0.117. The van der Waals surface area contributed by atoms with Crippen LogP contribution in [0.1, 0.15) is 26.2 Å². The smallest absolute Gasteiger partial charge is 0.158 e. The van der Waals surface area contributed by atoms with Crippen molar-refractivity contribution in [2.24, 2.45) is 5.73 Å². The summed E-state index contributed by atoms with van der Waals surface area (Å²) in [4.78, 5) is 0. The van der Waals surface area contributed by atoms with Crippen LogP contribution in [-0.4, -0.2) is 50.9 Å². The summed E-state index contributed by atoms with van der Waals surface area (Å²) in [6.45, 7) is 3.65. The summed E-state index contributed by atoms with van der Waals surface area (Å²) >= 11 is 0. The standard InChI is InChI=1S/C11H26N2O3/c1-11(9-12,8-10(15-2)16-3)13-6-4-5-7-14/h10,13-14H,4-9,12H2,1-3H3. The molecule has 98 valence electrons.